The van der Waals surface area contributed by atoms with Gasteiger partial charge < -0.3 is 21.0 Å². The monoisotopic (exact) mass is 503 g/mol. The highest BCUT2D eigenvalue weighted by Crippen LogP contribution is 2.32. The number of aryl methyl sites for hydroxylation is 1. The second-order valence-electron chi connectivity index (χ2n) is 8.38. The number of aromatic amines is 1. The number of fused-ring (bicyclic) bond motifs is 2. The van der Waals surface area contributed by atoms with Crippen LogP contribution in [0.5, 0.6) is 0 Å². The third kappa shape index (κ3) is 6.74. The van der Waals surface area contributed by atoms with Gasteiger partial charge in [0.25, 0.3) is 5.91 Å². The number of carbonyl (C=O) groups excluding carboxylic acids is 2. The highest BCUT2D eigenvalue weighted by atomic mass is 19.4. The molecule has 0 aliphatic carbocycles. The van der Waals surface area contributed by atoms with Gasteiger partial charge in [-0.2, -0.15) is 23.4 Å². The lowest BCUT2D eigenvalue weighted by Crippen LogP contribution is -2.41. The van der Waals surface area contributed by atoms with Gasteiger partial charge in [0.1, 0.15) is 13.1 Å². The van der Waals surface area contributed by atoms with Gasteiger partial charge >= 0.3 is 6.18 Å². The van der Waals surface area contributed by atoms with Crippen LogP contribution >= 0.6 is 0 Å². The molecule has 0 atom stereocenters. The molecule has 0 saturated carbocycles. The number of hydrogen-bond acceptors (Lipinski definition) is 6. The molecule has 1 aliphatic heterocycles. The van der Waals surface area contributed by atoms with Crippen molar-refractivity contribution >= 4 is 39.8 Å². The van der Waals surface area contributed by atoms with E-state index >= 15 is 0 Å². The zero-order valence-electron chi connectivity index (χ0n) is 20.4. The minimum absolute atomic E-state index is 0.153. The lowest BCUT2D eigenvalue weighted by Gasteiger charge is -2.16. The number of nitrogens with one attached hydrogen (secondary N) is 4. The maximum absolute atomic E-state index is 12.8. The molecule has 0 saturated heterocycles. The summed E-state index contributed by atoms with van der Waals surface area (Å²) in [7, 11) is 1.78. The van der Waals surface area contributed by atoms with Crippen LogP contribution in [-0.2, 0) is 11.3 Å². The van der Waals surface area contributed by atoms with Crippen molar-refractivity contribution in [1.29, 1.82) is 0 Å². The lowest BCUT2D eigenvalue weighted by molar-refractivity contribution is -0.138. The maximum Gasteiger partial charge on any atom is 0.405 e. The molecule has 12 heteroatoms. The maximum atomic E-state index is 12.8. The van der Waals surface area contributed by atoms with Gasteiger partial charge in [0, 0.05) is 36.1 Å². The molecule has 1 aromatic heterocycles. The molecule has 1 aliphatic rings. The SMILES string of the molecule is CNN=C(C)C.Cc1[nH]nc2cc(Nc3cccc4c3C(=O)N(CC(=O)NCC(F)(F)F)C4)ccc12. The number of alkyl halides is 3. The van der Waals surface area contributed by atoms with E-state index in [9.17, 15) is 22.8 Å². The van der Waals surface area contributed by atoms with E-state index in [0.717, 1.165) is 28.0 Å². The Balaban J connectivity index is 0.000000538. The Kier molecular flexibility index (Phi) is 8.18. The van der Waals surface area contributed by atoms with Crippen molar-refractivity contribution in [3.63, 3.8) is 0 Å². The molecule has 2 aromatic carbocycles. The number of nitrogens with zero attached hydrogens (tertiary/aromatic N) is 3. The van der Waals surface area contributed by atoms with Crippen LogP contribution in [-0.4, -0.2) is 58.9 Å². The Hall–Kier alpha value is -4.09. The van der Waals surface area contributed by atoms with Crippen LogP contribution in [0, 0.1) is 6.92 Å². The number of amides is 2. The number of halogens is 3. The predicted molar refractivity (Wildman–Crippen MR) is 132 cm³/mol. The number of carbonyl (C=O) groups is 2. The van der Waals surface area contributed by atoms with Gasteiger partial charge in [0.2, 0.25) is 5.91 Å². The molecule has 3 aromatic rings. The van der Waals surface area contributed by atoms with Crippen molar-refractivity contribution in [2.75, 3.05) is 25.5 Å². The van der Waals surface area contributed by atoms with E-state index in [1.807, 2.05) is 39.0 Å². The number of rotatable bonds is 6. The van der Waals surface area contributed by atoms with Crippen LogP contribution in [0.1, 0.15) is 35.5 Å². The van der Waals surface area contributed by atoms with Gasteiger partial charge in [-0.1, -0.05) is 12.1 Å². The Morgan fingerprint density at radius 2 is 1.97 bits per heavy atom. The summed E-state index contributed by atoms with van der Waals surface area (Å²) in [6.07, 6.45) is -4.50. The smallest absolute Gasteiger partial charge is 0.355 e. The van der Waals surface area contributed by atoms with Crippen LogP contribution in [0.4, 0.5) is 24.5 Å². The number of benzene rings is 2. The largest absolute Gasteiger partial charge is 0.405 e. The summed E-state index contributed by atoms with van der Waals surface area (Å²) >= 11 is 0. The Morgan fingerprint density at radius 3 is 2.61 bits per heavy atom. The third-order valence-electron chi connectivity index (χ3n) is 5.19. The van der Waals surface area contributed by atoms with Crippen molar-refractivity contribution in [2.24, 2.45) is 5.10 Å². The molecular formula is C24H28F3N7O2. The van der Waals surface area contributed by atoms with Gasteiger partial charge in [0.15, 0.2) is 0 Å². The zero-order chi connectivity index (χ0) is 26.5. The van der Waals surface area contributed by atoms with Crippen LogP contribution in [0.15, 0.2) is 41.5 Å². The van der Waals surface area contributed by atoms with Gasteiger partial charge in [-0.15, -0.1) is 0 Å². The van der Waals surface area contributed by atoms with E-state index in [-0.39, 0.29) is 6.54 Å². The van der Waals surface area contributed by atoms with E-state index in [1.165, 1.54) is 4.90 Å². The van der Waals surface area contributed by atoms with Gasteiger partial charge in [-0.05, 0) is 50.6 Å². The quantitative estimate of drug-likeness (QED) is 0.301. The number of hydrazone groups is 1. The number of aromatic nitrogens is 2. The first-order valence-corrected chi connectivity index (χ1v) is 11.1. The summed E-state index contributed by atoms with van der Waals surface area (Å²) in [4.78, 5) is 25.9. The normalized spacial score (nSPS) is 12.5. The zero-order valence-corrected chi connectivity index (χ0v) is 20.4. The molecule has 0 bridgehead atoms. The Morgan fingerprint density at radius 1 is 1.22 bits per heavy atom. The molecule has 2 heterocycles. The second kappa shape index (κ2) is 11.1. The van der Waals surface area contributed by atoms with Crippen molar-refractivity contribution in [3.05, 3.63) is 53.2 Å². The first-order chi connectivity index (χ1) is 17.0. The molecule has 36 heavy (non-hydrogen) atoms. The van der Waals surface area contributed by atoms with Gasteiger partial charge in [-0.3, -0.25) is 14.7 Å². The molecule has 2 amide bonds. The summed E-state index contributed by atoms with van der Waals surface area (Å²) in [5.74, 6) is -1.27. The molecule has 4 N–H and O–H groups in total. The van der Waals surface area contributed by atoms with Gasteiger partial charge in [0.05, 0.1) is 16.8 Å². The predicted octanol–water partition coefficient (Wildman–Crippen LogP) is 3.85. The first-order valence-electron chi connectivity index (χ1n) is 11.1. The topological polar surface area (TPSA) is 115 Å². The molecule has 0 unspecified atom stereocenters. The number of H-pyrrole nitrogens is 1. The molecule has 0 fully saturated rings. The van der Waals surface area contributed by atoms with Crippen molar-refractivity contribution in [2.45, 2.75) is 33.5 Å². The van der Waals surface area contributed by atoms with Crippen LogP contribution in [0.3, 0.4) is 0 Å². The van der Waals surface area contributed by atoms with Crippen LogP contribution < -0.4 is 16.1 Å². The van der Waals surface area contributed by atoms with E-state index in [0.29, 0.717) is 16.8 Å². The van der Waals surface area contributed by atoms with Crippen molar-refractivity contribution in [3.8, 4) is 0 Å². The fourth-order valence-corrected chi connectivity index (χ4v) is 3.68. The highest BCUT2D eigenvalue weighted by Gasteiger charge is 2.32. The summed E-state index contributed by atoms with van der Waals surface area (Å²) in [5.41, 5.74) is 7.83. The van der Waals surface area contributed by atoms with Crippen LogP contribution in [0.25, 0.3) is 10.9 Å². The molecular weight excluding hydrogens is 475 g/mol. The average molecular weight is 504 g/mol. The summed E-state index contributed by atoms with van der Waals surface area (Å²) < 4.78 is 36.8. The lowest BCUT2D eigenvalue weighted by atomic mass is 10.1. The molecule has 192 valence electrons. The minimum atomic E-state index is -4.50. The van der Waals surface area contributed by atoms with Crippen molar-refractivity contribution < 1.29 is 22.8 Å². The number of hydrogen-bond donors (Lipinski definition) is 4. The van der Waals surface area contributed by atoms with Crippen molar-refractivity contribution in [1.82, 2.24) is 25.8 Å². The molecule has 0 spiro atoms. The van der Waals surface area contributed by atoms with Crippen LogP contribution in [0.2, 0.25) is 0 Å². The number of anilines is 2. The standard InChI is InChI=1S/C20H18F3N5O2.C4H10N2/c1-11-14-6-5-13(7-16(14)27-26-11)25-15-4-2-3-12-8-28(19(30)18(12)15)9-17(29)24-10-20(21,22)23;1-4(2)6-5-3/h2-7,25H,8-10H2,1H3,(H,24,29)(H,26,27);5H,1-3H3. The van der Waals surface area contributed by atoms with Gasteiger partial charge in [-0.25, -0.2) is 0 Å². The summed E-state index contributed by atoms with van der Waals surface area (Å²) in [5, 5.41) is 16.9. The third-order valence-corrected chi connectivity index (χ3v) is 5.19. The van der Waals surface area contributed by atoms with E-state index < -0.39 is 31.1 Å². The summed E-state index contributed by atoms with van der Waals surface area (Å²) in [6, 6.07) is 10.9. The Labute approximate surface area is 206 Å². The molecule has 0 radical (unpaired) electrons. The molecule has 4 rings (SSSR count). The van der Waals surface area contributed by atoms with E-state index in [4.69, 9.17) is 0 Å². The Bertz CT molecular complexity index is 1280. The average Bonchev–Trinajstić information content (AvgIpc) is 3.32. The fraction of sp³-hybridized carbons (Fsp3) is 0.333. The highest BCUT2D eigenvalue weighted by molar-refractivity contribution is 6.05. The fourth-order valence-electron chi connectivity index (χ4n) is 3.68. The summed E-state index contributed by atoms with van der Waals surface area (Å²) in [6.45, 7) is 4.09. The van der Waals surface area contributed by atoms with E-state index in [2.05, 4.69) is 26.0 Å². The minimum Gasteiger partial charge on any atom is -0.355 e. The second-order valence-corrected chi connectivity index (χ2v) is 8.38. The van der Waals surface area contributed by atoms with E-state index in [1.54, 1.807) is 30.6 Å². The molecule has 9 nitrogen and oxygen atoms in total. The first kappa shape index (κ1) is 26.5.